The van der Waals surface area contributed by atoms with E-state index in [1.807, 2.05) is 60.8 Å². The number of dihydropyridines is 1. The predicted molar refractivity (Wildman–Crippen MR) is 387 cm³/mol. The van der Waals surface area contributed by atoms with Crippen LogP contribution in [0, 0.1) is 88.3 Å². The van der Waals surface area contributed by atoms with E-state index in [9.17, 15) is 45.6 Å². The molecule has 8 aliphatic rings. The van der Waals surface area contributed by atoms with Crippen LogP contribution in [0.25, 0.3) is 10.8 Å². The number of methoxy groups -OCH3 is 1. The van der Waals surface area contributed by atoms with Crippen LogP contribution in [0.5, 0.6) is 23.0 Å². The molecule has 526 valence electrons. The van der Waals surface area contributed by atoms with Gasteiger partial charge in [0.1, 0.15) is 17.3 Å². The van der Waals surface area contributed by atoms with Gasteiger partial charge in [-0.15, -0.1) is 5.92 Å². The van der Waals surface area contributed by atoms with E-state index in [1.165, 1.54) is 45.6 Å². The van der Waals surface area contributed by atoms with Gasteiger partial charge in [-0.1, -0.05) is 105 Å². The number of hydrogen-bond acceptors (Lipinski definition) is 14. The standard InChI is InChI=1S/C85H100N4O11/c1-49-46-86-48-65(91)38-56-18-17-51-19-23-62(43-74(51)81(56)95)89-80-42-55(27-31-87-80)66-16-8-11-52-34-58(40-75(84(98)99)71(52)33-50-10-7-13-64(90)32-50)67-14-3-4-15-69(67)70-24-20-53-35-57(66)36-59(39-73(53)82(96)83(97)76(92)26-21-54-41-79(100-2)78(94)45-72(54)70)68(77(93)44-63-37-60(49)47-88-63)25-22-61-12-9-30-85(61)28-5-6-29-85/h3-4,7,10,13-15,17-19,23,27,32,37,41-43,45,47,49,52-53,57-59,61,65-66,68,70-71,73,75,77,83-84,86-91,93-95,97-99H,5-6,9,12,16,21-22,25-26,28-31,33-36,38-40,44,46,48H2,1-2H3. The minimum atomic E-state index is -1.94. The maximum absolute atomic E-state index is 16.0. The average molecular weight is 1350 g/mol. The number of anilines is 1. The zero-order valence-corrected chi connectivity index (χ0v) is 57.9. The number of aliphatic hydroxyl groups excluding tert-OH is 4. The van der Waals surface area contributed by atoms with Crippen LogP contribution in [-0.4, -0.2) is 109 Å². The Morgan fingerprint density at radius 3 is 2.37 bits per heavy atom. The molecule has 6 aliphatic carbocycles. The second-order valence-corrected chi connectivity index (χ2v) is 31.1. The molecule has 4 fully saturated rings. The van der Waals surface area contributed by atoms with Gasteiger partial charge in [0.25, 0.3) is 0 Å². The van der Waals surface area contributed by atoms with Crippen molar-refractivity contribution in [1.29, 1.82) is 0 Å². The molecular weight excluding hydrogens is 1250 g/mol. The van der Waals surface area contributed by atoms with E-state index in [0.717, 1.165) is 69.7 Å². The van der Waals surface area contributed by atoms with E-state index in [-0.39, 0.29) is 101 Å². The van der Waals surface area contributed by atoms with Crippen LogP contribution in [0.1, 0.15) is 172 Å². The molecule has 100 heavy (non-hydrogen) atoms. The lowest BCUT2D eigenvalue weighted by Crippen LogP contribution is -2.40. The molecule has 15 heteroatoms. The number of benzene rings is 5. The highest BCUT2D eigenvalue weighted by Crippen LogP contribution is 2.57. The van der Waals surface area contributed by atoms with Crippen LogP contribution < -0.4 is 20.7 Å². The summed E-state index contributed by atoms with van der Waals surface area (Å²) in [5, 5.41) is 108. The van der Waals surface area contributed by atoms with Crippen molar-refractivity contribution in [2.45, 2.75) is 178 Å². The van der Waals surface area contributed by atoms with Gasteiger partial charge in [-0.05, 0) is 235 Å². The second-order valence-electron chi connectivity index (χ2n) is 31.1. The number of H-pyrrole nitrogens is 1. The number of Topliss-reactive ketones (excluding diaryl/α,β-unsaturated/α-hetero) is 2. The lowest BCUT2D eigenvalue weighted by molar-refractivity contribution is -0.142. The van der Waals surface area contributed by atoms with Gasteiger partial charge in [0.2, 0.25) is 0 Å². The highest BCUT2D eigenvalue weighted by Gasteiger charge is 2.49. The van der Waals surface area contributed by atoms with Gasteiger partial charge in [0.15, 0.2) is 35.5 Å². The van der Waals surface area contributed by atoms with Crippen molar-refractivity contribution >= 4 is 28.0 Å². The molecular formula is C85H100N4O11. The fourth-order valence-electron chi connectivity index (χ4n) is 20.0. The number of ether oxygens (including phenoxy) is 1. The zero-order valence-electron chi connectivity index (χ0n) is 57.9. The van der Waals surface area contributed by atoms with Crippen LogP contribution >= 0.6 is 0 Å². The van der Waals surface area contributed by atoms with Crippen molar-refractivity contribution in [3.8, 4) is 46.7 Å². The average Bonchev–Trinajstić information content (AvgIpc) is 1.09. The lowest BCUT2D eigenvalue weighted by atomic mass is 9.63. The van der Waals surface area contributed by atoms with Crippen molar-refractivity contribution < 1.29 is 55.2 Å². The third kappa shape index (κ3) is 14.6. The molecule has 13 bridgehead atoms. The van der Waals surface area contributed by atoms with Crippen molar-refractivity contribution in [2.24, 2.45) is 64.6 Å². The quantitative estimate of drug-likeness (QED) is 0.0403. The molecule has 1 spiro atoms. The Balaban J connectivity index is 0.977. The van der Waals surface area contributed by atoms with Gasteiger partial charge in [0.05, 0.1) is 25.2 Å². The molecule has 4 saturated carbocycles. The summed E-state index contributed by atoms with van der Waals surface area (Å²) in [6.45, 7) is 3.49. The SMILES string of the molecule is COc1cc2c(cc1O)C1C#CC3CC4CC(CC3C(=O)C(O)C(=O)CC2)C(CCC2CCCC23CCCC3)C(O)Cc2cc(c[nH]2)C(C)CNCC(O)Cc2ccc3ccc(cc3c2O)NC2=CC(=CCN2)C4CC#CC2CC(CC(C(O)O)C2Cc2cccc(O)c2)c2ccccc21. The summed E-state index contributed by atoms with van der Waals surface area (Å²) < 4.78 is 5.74. The van der Waals surface area contributed by atoms with Gasteiger partial charge < -0.3 is 66.5 Å². The number of phenolic OH excluding ortho intramolecular Hbond substituents is 3. The Hall–Kier alpha value is -7.86. The third-order valence-corrected chi connectivity index (χ3v) is 25.2. The summed E-state index contributed by atoms with van der Waals surface area (Å²) in [4.78, 5) is 34.5. The highest BCUT2D eigenvalue weighted by molar-refractivity contribution is 6.06. The van der Waals surface area contributed by atoms with E-state index in [2.05, 4.69) is 81.9 Å². The number of aliphatic hydroxyl groups is 5. The number of nitrogens with one attached hydrogen (secondary N) is 4. The minimum absolute atomic E-state index is 0.0416. The van der Waals surface area contributed by atoms with Crippen molar-refractivity contribution in [3.05, 3.63) is 171 Å². The number of aromatic nitrogens is 1. The molecule has 5 aromatic carbocycles. The molecule has 14 rings (SSSR count). The first-order chi connectivity index (χ1) is 48.5. The number of fused-ring (bicyclic) bond motifs is 15. The van der Waals surface area contributed by atoms with E-state index >= 15 is 4.79 Å². The van der Waals surface area contributed by atoms with E-state index in [4.69, 9.17) is 4.74 Å². The number of allylic oxidation sites excluding steroid dienone is 2. The topological polar surface area (TPSA) is 257 Å². The first-order valence-electron chi connectivity index (χ1n) is 37.2. The smallest absolute Gasteiger partial charge is 0.173 e. The summed E-state index contributed by atoms with van der Waals surface area (Å²) in [5.41, 5.74) is 8.59. The molecule has 2 aliphatic heterocycles. The number of aromatic amines is 1. The fourth-order valence-corrected chi connectivity index (χ4v) is 20.0. The van der Waals surface area contributed by atoms with Crippen LogP contribution in [0.4, 0.5) is 5.69 Å². The number of hydrogen-bond donors (Lipinski definition) is 12. The van der Waals surface area contributed by atoms with Crippen molar-refractivity contribution in [1.82, 2.24) is 15.6 Å². The Kier molecular flexibility index (Phi) is 20.8. The molecule has 12 N–H and O–H groups in total. The van der Waals surface area contributed by atoms with Crippen LogP contribution in [0.3, 0.4) is 0 Å². The fraction of sp³-hybridized carbons (Fsp3) is 0.506. The van der Waals surface area contributed by atoms with Gasteiger partial charge in [-0.3, -0.25) is 9.59 Å². The summed E-state index contributed by atoms with van der Waals surface area (Å²) in [5.74, 6) is 10.7. The van der Waals surface area contributed by atoms with E-state index in [1.54, 1.807) is 24.3 Å². The molecule has 16 atom stereocenters. The van der Waals surface area contributed by atoms with Gasteiger partial charge in [0, 0.05) is 92.0 Å². The number of rotatable bonds is 7. The maximum atomic E-state index is 16.0. The number of phenols is 3. The Morgan fingerprint density at radius 2 is 1.55 bits per heavy atom. The van der Waals surface area contributed by atoms with Gasteiger partial charge >= 0.3 is 0 Å². The summed E-state index contributed by atoms with van der Waals surface area (Å²) in [7, 11) is 1.48. The Morgan fingerprint density at radius 1 is 0.730 bits per heavy atom. The monoisotopic (exact) mass is 1350 g/mol. The van der Waals surface area contributed by atoms with Crippen molar-refractivity contribution in [3.63, 3.8) is 0 Å². The molecule has 0 amide bonds. The molecule has 0 radical (unpaired) electrons. The van der Waals surface area contributed by atoms with E-state index < -0.39 is 59.8 Å². The summed E-state index contributed by atoms with van der Waals surface area (Å²) >= 11 is 0. The summed E-state index contributed by atoms with van der Waals surface area (Å²) in [6, 6.07) is 30.6. The first kappa shape index (κ1) is 69.2. The van der Waals surface area contributed by atoms with Gasteiger partial charge in [-0.25, -0.2) is 0 Å². The predicted octanol–water partition coefficient (Wildman–Crippen LogP) is 12.3. The van der Waals surface area contributed by atoms with Crippen molar-refractivity contribution in [2.75, 3.05) is 32.1 Å². The zero-order chi connectivity index (χ0) is 69.3. The van der Waals surface area contributed by atoms with E-state index in [0.29, 0.717) is 92.6 Å². The van der Waals surface area contributed by atoms with Crippen LogP contribution in [0.15, 0.2) is 127 Å². The highest BCUT2D eigenvalue weighted by atomic mass is 16.5. The maximum Gasteiger partial charge on any atom is 0.173 e. The molecule has 16 unspecified atom stereocenters. The largest absolute Gasteiger partial charge is 0.508 e. The number of carbonyl (C=O) groups excluding carboxylic acids is 2. The molecule has 3 heterocycles. The number of β-amino-alcohol motifs (C(OH)–C–C–N with tert-alkyl or cyclic N) is 1. The number of carbonyl (C=O) groups is 2. The Bertz CT molecular complexity index is 4170. The number of aryl methyl sites for hydroxylation is 1. The Labute approximate surface area is 588 Å². The van der Waals surface area contributed by atoms with Gasteiger partial charge in [-0.2, -0.15) is 0 Å². The molecule has 0 saturated heterocycles. The van der Waals surface area contributed by atoms with Crippen LogP contribution in [-0.2, 0) is 35.3 Å². The second kappa shape index (κ2) is 30.0. The number of aromatic hydroxyl groups is 3. The molecule has 6 aromatic rings. The third-order valence-electron chi connectivity index (χ3n) is 25.2. The normalized spacial score (nSPS) is 30.8. The van der Waals surface area contributed by atoms with Crippen LogP contribution in [0.2, 0.25) is 0 Å². The first-order valence-corrected chi connectivity index (χ1v) is 37.2. The molecule has 1 aromatic heterocycles. The molecule has 15 nitrogen and oxygen atoms in total. The minimum Gasteiger partial charge on any atom is -0.508 e. The summed E-state index contributed by atoms with van der Waals surface area (Å²) in [6.07, 6.45) is 14.7. The number of ketones is 2. The lowest BCUT2D eigenvalue weighted by Gasteiger charge is -2.42.